The molecule has 4 aromatic rings. The van der Waals surface area contributed by atoms with Crippen molar-refractivity contribution < 1.29 is 14.6 Å². The standard InChI is InChI=1S/C29H32N4O3/c1-35-22-7-5-20(6-8-22)15-33-19-29(17-32(18-29)14-21-4-3-11-30-13-21)27-24-10-9-23(36-2)12-25(24)31-28(27)26(33)16-34/h3-13,26,31,34H,14-19H2,1-2H3/t26-/m0/s1. The van der Waals surface area contributed by atoms with Gasteiger partial charge in [-0.2, -0.15) is 0 Å². The first-order valence-corrected chi connectivity index (χ1v) is 12.4. The van der Waals surface area contributed by atoms with Crippen molar-refractivity contribution in [2.75, 3.05) is 40.5 Å². The lowest BCUT2D eigenvalue weighted by Gasteiger charge is -2.56. The van der Waals surface area contributed by atoms with Gasteiger partial charge in [0.05, 0.1) is 26.9 Å². The van der Waals surface area contributed by atoms with Crippen LogP contribution >= 0.6 is 0 Å². The van der Waals surface area contributed by atoms with E-state index in [1.165, 1.54) is 22.1 Å². The summed E-state index contributed by atoms with van der Waals surface area (Å²) >= 11 is 0. The largest absolute Gasteiger partial charge is 0.497 e. The Hall–Kier alpha value is -3.39. The Labute approximate surface area is 211 Å². The Balaban J connectivity index is 1.37. The predicted molar refractivity (Wildman–Crippen MR) is 139 cm³/mol. The molecule has 1 spiro atoms. The van der Waals surface area contributed by atoms with Gasteiger partial charge in [0.2, 0.25) is 0 Å². The van der Waals surface area contributed by atoms with E-state index in [2.05, 4.69) is 50.1 Å². The van der Waals surface area contributed by atoms with E-state index in [1.54, 1.807) is 14.2 Å². The van der Waals surface area contributed by atoms with Crippen LogP contribution in [-0.4, -0.2) is 65.3 Å². The van der Waals surface area contributed by atoms with Gasteiger partial charge in [0.25, 0.3) is 0 Å². The molecule has 2 aliphatic rings. The molecule has 36 heavy (non-hydrogen) atoms. The van der Waals surface area contributed by atoms with Gasteiger partial charge in [-0.3, -0.25) is 14.8 Å². The number of nitrogens with zero attached hydrogens (tertiary/aromatic N) is 3. The van der Waals surface area contributed by atoms with Crippen LogP contribution in [0.3, 0.4) is 0 Å². The normalized spacial score (nSPS) is 19.2. The van der Waals surface area contributed by atoms with E-state index < -0.39 is 0 Å². The molecule has 0 unspecified atom stereocenters. The van der Waals surface area contributed by atoms with Crippen LogP contribution < -0.4 is 9.47 Å². The van der Waals surface area contributed by atoms with Crippen molar-refractivity contribution in [3.05, 3.63) is 89.4 Å². The molecule has 4 heterocycles. The number of nitrogens with one attached hydrogen (secondary N) is 1. The highest BCUT2D eigenvalue weighted by atomic mass is 16.5. The third-order valence-corrected chi connectivity index (χ3v) is 7.74. The van der Waals surface area contributed by atoms with Crippen molar-refractivity contribution in [1.82, 2.24) is 19.8 Å². The molecule has 2 aromatic carbocycles. The van der Waals surface area contributed by atoms with Gasteiger partial charge >= 0.3 is 0 Å². The number of H-pyrrole nitrogens is 1. The van der Waals surface area contributed by atoms with Crippen molar-refractivity contribution in [2.45, 2.75) is 24.5 Å². The number of benzene rings is 2. The average molecular weight is 485 g/mol. The molecule has 7 heteroatoms. The van der Waals surface area contributed by atoms with Gasteiger partial charge in [0, 0.05) is 73.2 Å². The summed E-state index contributed by atoms with van der Waals surface area (Å²) in [6.45, 7) is 4.53. The minimum absolute atomic E-state index is 0.0114. The van der Waals surface area contributed by atoms with Crippen LogP contribution in [0.15, 0.2) is 67.0 Å². The number of pyridine rings is 1. The van der Waals surface area contributed by atoms with Crippen LogP contribution in [0.4, 0.5) is 0 Å². The molecule has 0 saturated carbocycles. The van der Waals surface area contributed by atoms with Gasteiger partial charge < -0.3 is 19.6 Å². The summed E-state index contributed by atoms with van der Waals surface area (Å²) in [5.41, 5.74) is 5.97. The fourth-order valence-corrected chi connectivity index (χ4v) is 6.17. The van der Waals surface area contributed by atoms with Crippen molar-refractivity contribution in [1.29, 1.82) is 0 Å². The summed E-state index contributed by atoms with van der Waals surface area (Å²) in [6.07, 6.45) is 3.77. The second-order valence-corrected chi connectivity index (χ2v) is 10.1. The summed E-state index contributed by atoms with van der Waals surface area (Å²) in [4.78, 5) is 12.9. The number of methoxy groups -OCH3 is 2. The van der Waals surface area contributed by atoms with Gasteiger partial charge in [-0.25, -0.2) is 0 Å². The molecule has 0 aliphatic carbocycles. The Morgan fingerprint density at radius 2 is 1.75 bits per heavy atom. The van der Waals surface area contributed by atoms with Crippen LogP contribution in [0.25, 0.3) is 10.9 Å². The van der Waals surface area contributed by atoms with E-state index in [9.17, 15) is 5.11 Å². The lowest BCUT2D eigenvalue weighted by atomic mass is 9.68. The number of aliphatic hydroxyl groups excluding tert-OH is 1. The predicted octanol–water partition coefficient (Wildman–Crippen LogP) is 3.88. The molecule has 0 bridgehead atoms. The van der Waals surface area contributed by atoms with Crippen molar-refractivity contribution in [3.63, 3.8) is 0 Å². The van der Waals surface area contributed by atoms with Gasteiger partial charge in [-0.05, 0) is 47.0 Å². The van der Waals surface area contributed by atoms with Crippen molar-refractivity contribution >= 4 is 10.9 Å². The van der Waals surface area contributed by atoms with E-state index in [1.807, 2.05) is 36.7 Å². The number of likely N-dealkylation sites (tertiary alicyclic amines) is 1. The first-order valence-electron chi connectivity index (χ1n) is 12.4. The maximum absolute atomic E-state index is 10.6. The number of ether oxygens (including phenoxy) is 2. The number of hydrogen-bond donors (Lipinski definition) is 2. The molecular weight excluding hydrogens is 452 g/mol. The summed E-state index contributed by atoms with van der Waals surface area (Å²) < 4.78 is 10.8. The average Bonchev–Trinajstić information content (AvgIpc) is 3.28. The van der Waals surface area contributed by atoms with Crippen LogP contribution in [-0.2, 0) is 18.5 Å². The third kappa shape index (κ3) is 3.93. The van der Waals surface area contributed by atoms with E-state index in [-0.39, 0.29) is 18.1 Å². The van der Waals surface area contributed by atoms with Gasteiger partial charge in [-0.1, -0.05) is 18.2 Å². The molecule has 2 aromatic heterocycles. The fraction of sp³-hybridized carbons (Fsp3) is 0.345. The number of aromatic nitrogens is 2. The van der Waals surface area contributed by atoms with Crippen LogP contribution in [0.2, 0.25) is 0 Å². The lowest BCUT2D eigenvalue weighted by Crippen LogP contribution is -2.65. The highest BCUT2D eigenvalue weighted by Gasteiger charge is 2.52. The molecule has 2 N–H and O–H groups in total. The van der Waals surface area contributed by atoms with Gasteiger partial charge in [-0.15, -0.1) is 0 Å². The highest BCUT2D eigenvalue weighted by molar-refractivity contribution is 5.88. The Kier molecular flexibility index (Phi) is 5.91. The van der Waals surface area contributed by atoms with Gasteiger partial charge in [0.1, 0.15) is 11.5 Å². The molecule has 2 aliphatic heterocycles. The highest BCUT2D eigenvalue weighted by Crippen LogP contribution is 2.49. The minimum atomic E-state index is -0.0986. The zero-order valence-corrected chi connectivity index (χ0v) is 20.8. The monoisotopic (exact) mass is 484 g/mol. The summed E-state index contributed by atoms with van der Waals surface area (Å²) in [7, 11) is 3.38. The number of aliphatic hydroxyl groups is 1. The number of fused-ring (bicyclic) bond motifs is 4. The molecule has 186 valence electrons. The number of aromatic amines is 1. The third-order valence-electron chi connectivity index (χ3n) is 7.74. The Morgan fingerprint density at radius 1 is 0.972 bits per heavy atom. The Morgan fingerprint density at radius 3 is 2.44 bits per heavy atom. The molecule has 6 rings (SSSR count). The van der Waals surface area contributed by atoms with Gasteiger partial charge in [0.15, 0.2) is 0 Å². The smallest absolute Gasteiger partial charge is 0.120 e. The Bertz CT molecular complexity index is 1350. The quantitative estimate of drug-likeness (QED) is 0.415. The lowest BCUT2D eigenvalue weighted by molar-refractivity contribution is -0.0119. The zero-order chi connectivity index (χ0) is 24.7. The summed E-state index contributed by atoms with van der Waals surface area (Å²) in [5, 5.41) is 11.8. The second kappa shape index (κ2) is 9.24. The van der Waals surface area contributed by atoms with E-state index in [0.717, 1.165) is 55.4 Å². The minimum Gasteiger partial charge on any atom is -0.497 e. The van der Waals surface area contributed by atoms with Crippen molar-refractivity contribution in [2.24, 2.45) is 0 Å². The molecule has 1 fully saturated rings. The molecular formula is C29H32N4O3. The van der Waals surface area contributed by atoms with E-state index in [4.69, 9.17) is 9.47 Å². The topological polar surface area (TPSA) is 73.9 Å². The molecule has 1 atom stereocenters. The van der Waals surface area contributed by atoms with Crippen LogP contribution in [0, 0.1) is 0 Å². The molecule has 0 amide bonds. The number of rotatable bonds is 7. The fourth-order valence-electron chi connectivity index (χ4n) is 6.17. The molecule has 1 saturated heterocycles. The van der Waals surface area contributed by atoms with Crippen LogP contribution in [0.5, 0.6) is 11.5 Å². The van der Waals surface area contributed by atoms with E-state index in [0.29, 0.717) is 0 Å². The maximum Gasteiger partial charge on any atom is 0.120 e. The number of hydrogen-bond acceptors (Lipinski definition) is 6. The zero-order valence-electron chi connectivity index (χ0n) is 20.8. The van der Waals surface area contributed by atoms with Crippen molar-refractivity contribution in [3.8, 4) is 11.5 Å². The SMILES string of the molecule is COc1ccc(CN2CC3(CN(Cc4cccnc4)C3)c3c([nH]c4cc(OC)ccc34)[C@@H]2CO)cc1. The summed E-state index contributed by atoms with van der Waals surface area (Å²) in [6, 6.07) is 18.5. The van der Waals surface area contributed by atoms with E-state index >= 15 is 0 Å². The first-order chi connectivity index (χ1) is 17.6. The van der Waals surface area contributed by atoms with Crippen LogP contribution in [0.1, 0.15) is 28.4 Å². The second-order valence-electron chi connectivity index (χ2n) is 10.1. The maximum atomic E-state index is 10.6. The summed E-state index contributed by atoms with van der Waals surface area (Å²) in [5.74, 6) is 1.68. The first kappa shape index (κ1) is 23.0. The molecule has 7 nitrogen and oxygen atoms in total. The molecule has 0 radical (unpaired) electrons.